The minimum Gasteiger partial charge on any atom is -0.309 e. The Balaban J connectivity index is 2.03. The maximum atomic E-state index is 11.1. The minimum atomic E-state index is -0.781. The highest BCUT2D eigenvalue weighted by Gasteiger charge is 2.09. The molecule has 19 heavy (non-hydrogen) atoms. The molecule has 0 aliphatic rings. The summed E-state index contributed by atoms with van der Waals surface area (Å²) in [5, 5.41) is 10.4. The lowest BCUT2D eigenvalue weighted by Crippen LogP contribution is -2.30. The monoisotopic (exact) mass is 278 g/mol. The Morgan fingerprint density at radius 1 is 1.47 bits per heavy atom. The van der Waals surface area contributed by atoms with E-state index in [1.165, 1.54) is 0 Å². The smallest absolute Gasteiger partial charge is 0.0710 e. The normalized spacial score (nSPS) is 14.2. The first-order chi connectivity index (χ1) is 9.16. The number of aromatic amines is 1. The Hall–Kier alpha value is -1.53. The largest absolute Gasteiger partial charge is 0.309 e. The molecule has 0 amide bonds. The van der Waals surface area contributed by atoms with E-state index >= 15 is 0 Å². The van der Waals surface area contributed by atoms with Gasteiger partial charge in [0.2, 0.25) is 0 Å². The van der Waals surface area contributed by atoms with Gasteiger partial charge in [-0.15, -0.1) is 0 Å². The fourth-order valence-electron chi connectivity index (χ4n) is 1.90. The van der Waals surface area contributed by atoms with Crippen LogP contribution >= 0.6 is 0 Å². The van der Waals surface area contributed by atoms with E-state index in [0.717, 1.165) is 16.8 Å². The van der Waals surface area contributed by atoms with Crippen molar-refractivity contribution in [3.05, 3.63) is 36.3 Å². The molecule has 0 aromatic carbocycles. The van der Waals surface area contributed by atoms with Crippen molar-refractivity contribution in [2.45, 2.75) is 19.5 Å². The molecule has 6 heteroatoms. The minimum absolute atomic E-state index is 0.211. The van der Waals surface area contributed by atoms with Crippen LogP contribution in [0.1, 0.15) is 12.5 Å². The van der Waals surface area contributed by atoms with Gasteiger partial charge in [0.05, 0.1) is 11.9 Å². The van der Waals surface area contributed by atoms with E-state index in [4.69, 9.17) is 0 Å². The second kappa shape index (κ2) is 6.58. The Morgan fingerprint density at radius 3 is 3.00 bits per heavy atom. The molecule has 2 N–H and O–H groups in total. The molecule has 0 aliphatic heterocycles. The first-order valence-electron chi connectivity index (χ1n) is 6.13. The summed E-state index contributed by atoms with van der Waals surface area (Å²) in [6.07, 6.45) is 7.08. The molecule has 2 aromatic heterocycles. The van der Waals surface area contributed by atoms with E-state index in [1.54, 1.807) is 12.5 Å². The highest BCUT2D eigenvalue weighted by Crippen LogP contribution is 2.19. The molecule has 2 atom stereocenters. The summed E-state index contributed by atoms with van der Waals surface area (Å²) in [4.78, 5) is 4.11. The van der Waals surface area contributed by atoms with Gasteiger partial charge in [-0.1, -0.05) is 0 Å². The van der Waals surface area contributed by atoms with Crippen molar-refractivity contribution in [3.63, 3.8) is 0 Å². The van der Waals surface area contributed by atoms with Crippen molar-refractivity contribution in [2.24, 2.45) is 0 Å². The number of rotatable bonds is 6. The summed E-state index contributed by atoms with van der Waals surface area (Å²) in [6.45, 7) is 2.73. The third-order valence-corrected chi connectivity index (χ3v) is 3.76. The molecule has 2 heterocycles. The van der Waals surface area contributed by atoms with Crippen molar-refractivity contribution < 1.29 is 4.21 Å². The fourth-order valence-corrected chi connectivity index (χ4v) is 2.72. The van der Waals surface area contributed by atoms with E-state index < -0.39 is 10.8 Å². The lowest BCUT2D eigenvalue weighted by Gasteiger charge is -2.12. The van der Waals surface area contributed by atoms with Crippen LogP contribution in [0.5, 0.6) is 0 Å². The van der Waals surface area contributed by atoms with Crippen LogP contribution in [0.25, 0.3) is 11.3 Å². The number of aromatic nitrogens is 3. The number of hydrogen-bond donors (Lipinski definition) is 2. The zero-order chi connectivity index (χ0) is 13.7. The van der Waals surface area contributed by atoms with Crippen LogP contribution in [0, 0.1) is 0 Å². The van der Waals surface area contributed by atoms with Gasteiger partial charge in [-0.05, 0) is 19.1 Å². The van der Waals surface area contributed by atoms with Crippen molar-refractivity contribution in [1.82, 2.24) is 20.5 Å². The van der Waals surface area contributed by atoms with Gasteiger partial charge in [0, 0.05) is 58.9 Å². The van der Waals surface area contributed by atoms with Crippen LogP contribution in [0.2, 0.25) is 0 Å². The SMILES string of the molecule is CC(CS(C)=O)NCc1cn[nH]c1-c1cccnc1. The highest BCUT2D eigenvalue weighted by atomic mass is 32.2. The maximum absolute atomic E-state index is 11.1. The Kier molecular flexibility index (Phi) is 4.81. The number of nitrogens with zero attached hydrogens (tertiary/aromatic N) is 2. The molecular weight excluding hydrogens is 260 g/mol. The lowest BCUT2D eigenvalue weighted by molar-refractivity contribution is 0.588. The zero-order valence-corrected chi connectivity index (χ0v) is 11.9. The number of nitrogens with one attached hydrogen (secondary N) is 2. The van der Waals surface area contributed by atoms with E-state index in [0.29, 0.717) is 12.3 Å². The van der Waals surface area contributed by atoms with Crippen LogP contribution in [-0.2, 0) is 17.3 Å². The second-order valence-electron chi connectivity index (χ2n) is 4.53. The Labute approximate surface area is 115 Å². The van der Waals surface area contributed by atoms with Gasteiger partial charge in [-0.2, -0.15) is 5.10 Å². The van der Waals surface area contributed by atoms with Gasteiger partial charge in [0.1, 0.15) is 0 Å². The first-order valence-corrected chi connectivity index (χ1v) is 7.85. The molecule has 5 nitrogen and oxygen atoms in total. The second-order valence-corrected chi connectivity index (χ2v) is 6.01. The average molecular weight is 278 g/mol. The molecule has 0 radical (unpaired) electrons. The van der Waals surface area contributed by atoms with Gasteiger partial charge in [0.25, 0.3) is 0 Å². The molecule has 0 saturated carbocycles. The molecule has 2 unspecified atom stereocenters. The van der Waals surface area contributed by atoms with E-state index in [-0.39, 0.29) is 6.04 Å². The maximum Gasteiger partial charge on any atom is 0.0710 e. The topological polar surface area (TPSA) is 70.7 Å². The van der Waals surface area contributed by atoms with Crippen LogP contribution in [-0.4, -0.2) is 37.4 Å². The van der Waals surface area contributed by atoms with E-state index in [9.17, 15) is 4.21 Å². The van der Waals surface area contributed by atoms with Crippen molar-refractivity contribution in [1.29, 1.82) is 0 Å². The summed E-state index contributed by atoms with van der Waals surface area (Å²) in [5.41, 5.74) is 3.08. The lowest BCUT2D eigenvalue weighted by atomic mass is 10.1. The Bertz CT molecular complexity index is 541. The van der Waals surface area contributed by atoms with Gasteiger partial charge in [-0.25, -0.2) is 0 Å². The summed E-state index contributed by atoms with van der Waals surface area (Å²) in [6, 6.07) is 4.10. The summed E-state index contributed by atoms with van der Waals surface area (Å²) < 4.78 is 11.1. The molecule has 2 aromatic rings. The highest BCUT2D eigenvalue weighted by molar-refractivity contribution is 7.84. The molecule has 0 saturated heterocycles. The molecule has 102 valence electrons. The quantitative estimate of drug-likeness (QED) is 0.836. The third kappa shape index (κ3) is 3.97. The van der Waals surface area contributed by atoms with Gasteiger partial charge in [0.15, 0.2) is 0 Å². The van der Waals surface area contributed by atoms with E-state index in [2.05, 4.69) is 20.5 Å². The molecular formula is C13H18N4OS. The van der Waals surface area contributed by atoms with Crippen molar-refractivity contribution in [3.8, 4) is 11.3 Å². The molecule has 0 aliphatic carbocycles. The van der Waals surface area contributed by atoms with Gasteiger partial charge >= 0.3 is 0 Å². The standard InChI is InChI=1S/C13H18N4OS/c1-10(9-19(2)18)15-7-12-8-16-17-13(12)11-4-3-5-14-6-11/h3-6,8,10,15H,7,9H2,1-2H3,(H,16,17). The van der Waals surface area contributed by atoms with Gasteiger partial charge < -0.3 is 5.32 Å². The predicted octanol–water partition coefficient (Wildman–Crippen LogP) is 1.33. The van der Waals surface area contributed by atoms with Crippen LogP contribution in [0.3, 0.4) is 0 Å². The molecule has 0 fully saturated rings. The third-order valence-electron chi connectivity index (χ3n) is 2.79. The first kappa shape index (κ1) is 13.9. The zero-order valence-electron chi connectivity index (χ0n) is 11.1. The fraction of sp³-hybridized carbons (Fsp3) is 0.385. The van der Waals surface area contributed by atoms with Crippen molar-refractivity contribution >= 4 is 10.8 Å². The number of H-pyrrole nitrogens is 1. The molecule has 2 rings (SSSR count). The van der Waals surface area contributed by atoms with Crippen LogP contribution in [0.15, 0.2) is 30.7 Å². The molecule has 0 bridgehead atoms. The Morgan fingerprint density at radius 2 is 2.32 bits per heavy atom. The number of pyridine rings is 1. The molecule has 0 spiro atoms. The van der Waals surface area contributed by atoms with E-state index in [1.807, 2.05) is 31.5 Å². The van der Waals surface area contributed by atoms with Crippen molar-refractivity contribution in [2.75, 3.05) is 12.0 Å². The van der Waals surface area contributed by atoms with Crippen LogP contribution in [0.4, 0.5) is 0 Å². The van der Waals surface area contributed by atoms with Gasteiger partial charge in [-0.3, -0.25) is 14.3 Å². The summed E-state index contributed by atoms with van der Waals surface area (Å²) in [7, 11) is -0.781. The summed E-state index contributed by atoms with van der Waals surface area (Å²) in [5.74, 6) is 0.653. The predicted molar refractivity (Wildman–Crippen MR) is 77.1 cm³/mol. The average Bonchev–Trinajstić information content (AvgIpc) is 2.85. The summed E-state index contributed by atoms with van der Waals surface area (Å²) >= 11 is 0. The number of hydrogen-bond acceptors (Lipinski definition) is 4. The van der Waals surface area contributed by atoms with Crippen LogP contribution < -0.4 is 5.32 Å².